The molecule has 1 fully saturated rings. The van der Waals surface area contributed by atoms with Gasteiger partial charge in [0.2, 0.25) is 11.8 Å². The van der Waals surface area contributed by atoms with Crippen LogP contribution in [0.25, 0.3) is 0 Å². The number of fused-ring (bicyclic) bond motifs is 1. The van der Waals surface area contributed by atoms with E-state index in [9.17, 15) is 19.4 Å². The monoisotopic (exact) mass is 520 g/mol. The van der Waals surface area contributed by atoms with E-state index >= 15 is 0 Å². The Kier molecular flexibility index (Phi) is 9.15. The van der Waals surface area contributed by atoms with Crippen molar-refractivity contribution in [2.24, 2.45) is 21.1 Å². The topological polar surface area (TPSA) is 138 Å². The maximum atomic E-state index is 13.3. The lowest BCUT2D eigenvalue weighted by Gasteiger charge is -2.25. The van der Waals surface area contributed by atoms with E-state index in [1.54, 1.807) is 9.80 Å². The number of nitrogens with two attached hydrogens (primary N) is 1. The molecule has 202 valence electrons. The summed E-state index contributed by atoms with van der Waals surface area (Å²) < 4.78 is 0. The van der Waals surface area contributed by atoms with Crippen molar-refractivity contribution in [2.75, 3.05) is 32.7 Å². The molecule has 4 aliphatic rings. The van der Waals surface area contributed by atoms with Crippen LogP contribution in [0, 0.1) is 9.81 Å². The van der Waals surface area contributed by atoms with Gasteiger partial charge < -0.3 is 15.5 Å². The highest BCUT2D eigenvalue weighted by Crippen LogP contribution is 2.34. The van der Waals surface area contributed by atoms with Crippen LogP contribution in [-0.2, 0) is 9.59 Å². The minimum absolute atomic E-state index is 0.00531. The number of hydrogen-bond acceptors (Lipinski definition) is 8. The molecule has 2 aliphatic heterocycles. The zero-order valence-corrected chi connectivity index (χ0v) is 22.0. The summed E-state index contributed by atoms with van der Waals surface area (Å²) in [6.45, 7) is 4.28. The molecule has 4 rings (SSSR count). The zero-order chi connectivity index (χ0) is 27.1. The Morgan fingerprint density at radius 2 is 1.92 bits per heavy atom. The third-order valence-electron chi connectivity index (χ3n) is 7.48. The number of amides is 2. The van der Waals surface area contributed by atoms with Crippen LogP contribution in [0.5, 0.6) is 0 Å². The number of allylic oxidation sites excluding steroid dienone is 5. The zero-order valence-electron chi connectivity index (χ0n) is 22.0. The number of rotatable bonds is 10. The van der Waals surface area contributed by atoms with Gasteiger partial charge in [-0.2, -0.15) is 9.81 Å². The van der Waals surface area contributed by atoms with E-state index in [1.165, 1.54) is 5.57 Å². The maximum Gasteiger partial charge on any atom is 0.250 e. The van der Waals surface area contributed by atoms with Crippen molar-refractivity contribution >= 4 is 17.6 Å². The van der Waals surface area contributed by atoms with Crippen molar-refractivity contribution in [3.05, 3.63) is 68.1 Å². The van der Waals surface area contributed by atoms with E-state index in [0.717, 1.165) is 29.6 Å². The van der Waals surface area contributed by atoms with Crippen LogP contribution in [0.1, 0.15) is 51.9 Å². The highest BCUT2D eigenvalue weighted by molar-refractivity contribution is 6.00. The number of nitrogens with zero attached hydrogens (tertiary/aromatic N) is 5. The molecular weight excluding hydrogens is 484 g/mol. The van der Waals surface area contributed by atoms with Crippen molar-refractivity contribution in [3.63, 3.8) is 0 Å². The highest BCUT2D eigenvalue weighted by Gasteiger charge is 2.30. The average Bonchev–Trinajstić information content (AvgIpc) is 3.35. The Morgan fingerprint density at radius 1 is 1.11 bits per heavy atom. The van der Waals surface area contributed by atoms with E-state index in [2.05, 4.69) is 16.4 Å². The summed E-state index contributed by atoms with van der Waals surface area (Å²) >= 11 is 0. The fourth-order valence-electron chi connectivity index (χ4n) is 5.45. The molecule has 2 N–H and O–H groups in total. The largest absolute Gasteiger partial charge is 0.387 e. The summed E-state index contributed by atoms with van der Waals surface area (Å²) in [5, 5.41) is 5.99. The number of likely N-dealkylation sites (tertiary alicyclic amines) is 1. The first-order chi connectivity index (χ1) is 18.4. The lowest BCUT2D eigenvalue weighted by Crippen LogP contribution is -2.35. The number of amidine groups is 1. The van der Waals surface area contributed by atoms with E-state index < -0.39 is 0 Å². The molecule has 2 aliphatic carbocycles. The molecule has 38 heavy (non-hydrogen) atoms. The quantitative estimate of drug-likeness (QED) is 0.346. The molecule has 0 spiro atoms. The Balaban J connectivity index is 1.49. The van der Waals surface area contributed by atoms with Crippen LogP contribution in [0.3, 0.4) is 0 Å². The predicted molar refractivity (Wildman–Crippen MR) is 147 cm³/mol. The fraction of sp³-hybridized carbons (Fsp3) is 0.536. The Hall–Kier alpha value is -3.69. The molecule has 2 heterocycles. The third-order valence-corrected chi connectivity index (χ3v) is 7.48. The van der Waals surface area contributed by atoms with Crippen LogP contribution >= 0.6 is 0 Å². The smallest absolute Gasteiger partial charge is 0.250 e. The Morgan fingerprint density at radius 3 is 2.61 bits per heavy atom. The minimum Gasteiger partial charge on any atom is -0.387 e. The molecule has 0 bridgehead atoms. The second-order valence-corrected chi connectivity index (χ2v) is 10.2. The summed E-state index contributed by atoms with van der Waals surface area (Å²) in [4.78, 5) is 55.6. The normalized spacial score (nSPS) is 23.0. The third kappa shape index (κ3) is 6.41. The van der Waals surface area contributed by atoms with Gasteiger partial charge in [0.05, 0.1) is 18.4 Å². The van der Waals surface area contributed by atoms with Crippen LogP contribution in [0.2, 0.25) is 0 Å². The lowest BCUT2D eigenvalue weighted by molar-refractivity contribution is -0.127. The van der Waals surface area contributed by atoms with Gasteiger partial charge in [0, 0.05) is 43.7 Å². The Labute approximate surface area is 223 Å². The molecule has 1 unspecified atom stereocenters. The molecule has 0 radical (unpaired) electrons. The number of carbonyl (C=O) groups is 2. The predicted octanol–water partition coefficient (Wildman–Crippen LogP) is 3.71. The summed E-state index contributed by atoms with van der Waals surface area (Å²) in [6, 6.07) is -0.459. The fourth-order valence-corrected chi connectivity index (χ4v) is 5.45. The van der Waals surface area contributed by atoms with Gasteiger partial charge in [-0.15, -0.1) is 0 Å². The summed E-state index contributed by atoms with van der Waals surface area (Å²) in [6.07, 6.45) is 14.3. The van der Waals surface area contributed by atoms with Gasteiger partial charge in [0.1, 0.15) is 6.04 Å². The van der Waals surface area contributed by atoms with Crippen LogP contribution < -0.4 is 5.73 Å². The molecular formula is C28H36N6O4. The standard InChI is InChI=1S/C28H36N6O4/c1-2-12-33(13-3-11-30-37)28(36)23-15-22-9-8-21(16-25(22)31-26(29)17-23)19-4-6-20(7-5-19)27(35)34-14-10-24(18-34)32-38/h4,6,8-9,15,24-25H,2-3,5,7,10-14,16-18H2,1H3,(H2,29,31)/t24-,25?/m1/s1. The molecule has 1 saturated heterocycles. The van der Waals surface area contributed by atoms with E-state index in [4.69, 9.17) is 10.7 Å². The van der Waals surface area contributed by atoms with Gasteiger partial charge >= 0.3 is 0 Å². The Bertz CT molecular complexity index is 1160. The SMILES string of the molecule is CCCN(CCCN=O)C(=O)C1=CC2=CC=C(C3=CC=C(C(=O)N4CC[C@@H](N=O)C4)CC3)CC2N=C(N)C1. The van der Waals surface area contributed by atoms with Crippen LogP contribution in [0.4, 0.5) is 0 Å². The number of hydrogen-bond donors (Lipinski definition) is 1. The molecule has 2 atom stereocenters. The van der Waals surface area contributed by atoms with Crippen molar-refractivity contribution in [3.8, 4) is 0 Å². The number of carbonyl (C=O) groups excluding carboxylic acids is 2. The van der Waals surface area contributed by atoms with Crippen molar-refractivity contribution in [1.82, 2.24) is 9.80 Å². The molecule has 10 heteroatoms. The van der Waals surface area contributed by atoms with Gasteiger partial charge in [-0.25, -0.2) is 0 Å². The molecule has 0 saturated carbocycles. The van der Waals surface area contributed by atoms with Crippen LogP contribution in [0.15, 0.2) is 73.6 Å². The van der Waals surface area contributed by atoms with E-state index in [-0.39, 0.29) is 30.4 Å². The maximum absolute atomic E-state index is 13.3. The van der Waals surface area contributed by atoms with E-state index in [0.29, 0.717) is 69.7 Å². The van der Waals surface area contributed by atoms with Crippen molar-refractivity contribution in [2.45, 2.75) is 64.0 Å². The van der Waals surface area contributed by atoms with Crippen molar-refractivity contribution < 1.29 is 9.59 Å². The van der Waals surface area contributed by atoms with Gasteiger partial charge in [-0.05, 0) is 61.3 Å². The lowest BCUT2D eigenvalue weighted by atomic mass is 9.84. The average molecular weight is 521 g/mol. The minimum atomic E-state index is -0.297. The van der Waals surface area contributed by atoms with Gasteiger partial charge in [-0.3, -0.25) is 14.6 Å². The van der Waals surface area contributed by atoms with Crippen molar-refractivity contribution in [1.29, 1.82) is 0 Å². The molecule has 0 aromatic rings. The van der Waals surface area contributed by atoms with Crippen LogP contribution in [-0.4, -0.2) is 72.3 Å². The second-order valence-electron chi connectivity index (χ2n) is 10.2. The summed E-state index contributed by atoms with van der Waals surface area (Å²) in [7, 11) is 0. The first kappa shape index (κ1) is 27.3. The summed E-state index contributed by atoms with van der Waals surface area (Å²) in [5.41, 5.74) is 10.9. The molecule has 0 aromatic heterocycles. The van der Waals surface area contributed by atoms with Gasteiger partial charge in [0.25, 0.3) is 0 Å². The molecule has 2 amide bonds. The number of aliphatic imine (C=N–C) groups is 1. The first-order valence-electron chi connectivity index (χ1n) is 13.5. The molecule has 0 aromatic carbocycles. The van der Waals surface area contributed by atoms with Gasteiger partial charge in [0.15, 0.2) is 0 Å². The second kappa shape index (κ2) is 12.7. The molecule has 10 nitrogen and oxygen atoms in total. The summed E-state index contributed by atoms with van der Waals surface area (Å²) in [5.74, 6) is 0.358. The first-order valence-corrected chi connectivity index (χ1v) is 13.5. The highest BCUT2D eigenvalue weighted by atomic mass is 16.3. The van der Waals surface area contributed by atoms with Gasteiger partial charge in [-0.1, -0.05) is 41.6 Å². The number of nitroso groups, excluding NO2 is 2. The van der Waals surface area contributed by atoms with E-state index in [1.807, 2.05) is 31.2 Å².